The number of pyridine rings is 1. The predicted molar refractivity (Wildman–Crippen MR) is 125 cm³/mol. The van der Waals surface area contributed by atoms with E-state index in [1.54, 1.807) is 18.2 Å². The molecular weight excluding hydrogens is 458 g/mol. The van der Waals surface area contributed by atoms with E-state index >= 15 is 0 Å². The molecule has 7 heteroatoms. The lowest BCUT2D eigenvalue weighted by atomic mass is 10.1. The molecule has 6 nitrogen and oxygen atoms in total. The molecule has 0 bridgehead atoms. The number of aromatic nitrogens is 1. The second-order valence-corrected chi connectivity index (χ2v) is 9.16. The molecule has 5 rings (SSSR count). The first-order valence-electron chi connectivity index (χ1n) is 10.5. The van der Waals surface area contributed by atoms with Crippen molar-refractivity contribution in [3.63, 3.8) is 0 Å². The van der Waals surface area contributed by atoms with Crippen molar-refractivity contribution in [2.45, 2.75) is 19.4 Å². The number of benzene rings is 2. The summed E-state index contributed by atoms with van der Waals surface area (Å²) >= 11 is 3.52. The molecule has 1 unspecified atom stereocenters. The highest BCUT2D eigenvalue weighted by molar-refractivity contribution is 9.10. The fourth-order valence-electron chi connectivity index (χ4n) is 4.83. The number of methoxy groups -OCH3 is 1. The Labute approximate surface area is 189 Å². The van der Waals surface area contributed by atoms with Crippen molar-refractivity contribution in [1.82, 2.24) is 9.47 Å². The maximum absolute atomic E-state index is 13.4. The van der Waals surface area contributed by atoms with Crippen LogP contribution in [0.2, 0.25) is 0 Å². The zero-order valence-corrected chi connectivity index (χ0v) is 19.2. The molecule has 0 aliphatic carbocycles. The molecule has 0 spiro atoms. The first-order chi connectivity index (χ1) is 15.0. The van der Waals surface area contributed by atoms with Crippen LogP contribution in [0, 0.1) is 0 Å². The summed E-state index contributed by atoms with van der Waals surface area (Å²) in [7, 11) is 1.67. The Balaban J connectivity index is 1.43. The van der Waals surface area contributed by atoms with Gasteiger partial charge in [-0.05, 0) is 43.2 Å². The van der Waals surface area contributed by atoms with Gasteiger partial charge in [0.1, 0.15) is 11.3 Å². The normalized spacial score (nSPS) is 18.0. The fraction of sp³-hybridized carbons (Fsp3) is 0.333. The summed E-state index contributed by atoms with van der Waals surface area (Å²) in [6.07, 6.45) is 2.64. The maximum Gasteiger partial charge on any atom is 0.259 e. The third-order valence-electron chi connectivity index (χ3n) is 6.38. The highest BCUT2D eigenvalue weighted by Crippen LogP contribution is 2.34. The highest BCUT2D eigenvalue weighted by Gasteiger charge is 2.29. The Bertz CT molecular complexity index is 1240. The van der Waals surface area contributed by atoms with Gasteiger partial charge in [0.25, 0.3) is 5.91 Å². The Morgan fingerprint density at radius 2 is 1.87 bits per heavy atom. The minimum absolute atomic E-state index is 0.181. The van der Waals surface area contributed by atoms with E-state index in [4.69, 9.17) is 4.74 Å². The number of halogens is 1. The topological polar surface area (TPSA) is 54.8 Å². The summed E-state index contributed by atoms with van der Waals surface area (Å²) in [5, 5.41) is 0.618. The molecule has 1 saturated heterocycles. The van der Waals surface area contributed by atoms with E-state index in [-0.39, 0.29) is 22.9 Å². The molecule has 3 aromatic rings. The Morgan fingerprint density at radius 1 is 1.13 bits per heavy atom. The molecule has 0 N–H and O–H groups in total. The van der Waals surface area contributed by atoms with Gasteiger partial charge in [-0.1, -0.05) is 28.1 Å². The monoisotopic (exact) mass is 481 g/mol. The average molecular weight is 482 g/mol. The average Bonchev–Trinajstić information content (AvgIpc) is 3.10. The van der Waals surface area contributed by atoms with Crippen LogP contribution in [0.4, 0.5) is 5.69 Å². The molecular formula is C24H24BrN3O3. The number of hydrogen-bond donors (Lipinski definition) is 0. The van der Waals surface area contributed by atoms with Crippen molar-refractivity contribution in [3.05, 3.63) is 68.4 Å². The Kier molecular flexibility index (Phi) is 5.01. The zero-order valence-electron chi connectivity index (χ0n) is 17.6. The van der Waals surface area contributed by atoms with Crippen LogP contribution in [0.5, 0.6) is 5.75 Å². The molecule has 0 saturated carbocycles. The van der Waals surface area contributed by atoms with Crippen LogP contribution in [0.25, 0.3) is 10.9 Å². The number of piperazine rings is 1. The lowest BCUT2D eigenvalue weighted by molar-refractivity contribution is 0.0744. The minimum atomic E-state index is -0.184. The predicted octanol–water partition coefficient (Wildman–Crippen LogP) is 3.85. The SMILES string of the molecule is COc1ccccc1N1CCN(C(=O)c2cn3c4c(cc(Br)cc4c2=O)CC3C)CC1. The van der Waals surface area contributed by atoms with Gasteiger partial charge in [-0.2, -0.15) is 0 Å². The number of rotatable bonds is 3. The van der Waals surface area contributed by atoms with Gasteiger partial charge in [0.15, 0.2) is 0 Å². The van der Waals surface area contributed by atoms with Crippen LogP contribution >= 0.6 is 15.9 Å². The van der Waals surface area contributed by atoms with Crippen LogP contribution in [0.15, 0.2) is 51.9 Å². The van der Waals surface area contributed by atoms with E-state index in [1.807, 2.05) is 30.3 Å². The molecule has 160 valence electrons. The summed E-state index contributed by atoms with van der Waals surface area (Å²) < 4.78 is 8.45. The van der Waals surface area contributed by atoms with Gasteiger partial charge < -0.3 is 19.1 Å². The van der Waals surface area contributed by atoms with E-state index < -0.39 is 0 Å². The Hall–Kier alpha value is -2.80. The van der Waals surface area contributed by atoms with Crippen LogP contribution in [0.1, 0.15) is 28.9 Å². The van der Waals surface area contributed by atoms with Gasteiger partial charge in [-0.3, -0.25) is 9.59 Å². The van der Waals surface area contributed by atoms with E-state index in [0.29, 0.717) is 31.6 Å². The molecule has 1 aromatic heterocycles. The summed E-state index contributed by atoms with van der Waals surface area (Å²) in [5.74, 6) is 0.643. The van der Waals surface area contributed by atoms with Crippen molar-refractivity contribution in [2.24, 2.45) is 0 Å². The van der Waals surface area contributed by atoms with Gasteiger partial charge in [0.05, 0.1) is 18.3 Å². The lowest BCUT2D eigenvalue weighted by Crippen LogP contribution is -2.49. The molecule has 0 radical (unpaired) electrons. The number of anilines is 1. The number of ether oxygens (including phenoxy) is 1. The van der Waals surface area contributed by atoms with Crippen molar-refractivity contribution in [2.75, 3.05) is 38.2 Å². The van der Waals surface area contributed by atoms with Crippen molar-refractivity contribution in [1.29, 1.82) is 0 Å². The molecule has 2 aliphatic rings. The lowest BCUT2D eigenvalue weighted by Gasteiger charge is -2.36. The molecule has 31 heavy (non-hydrogen) atoms. The van der Waals surface area contributed by atoms with E-state index in [0.717, 1.165) is 33.4 Å². The summed E-state index contributed by atoms with van der Waals surface area (Å²) in [5.41, 5.74) is 3.22. The van der Waals surface area contributed by atoms with Crippen molar-refractivity contribution < 1.29 is 9.53 Å². The second-order valence-electron chi connectivity index (χ2n) is 8.24. The zero-order chi connectivity index (χ0) is 21.7. The van der Waals surface area contributed by atoms with E-state index in [2.05, 4.69) is 38.4 Å². The standard InChI is InChI=1S/C24H24BrN3O3/c1-15-11-16-12-17(25)13-18-22(16)28(15)14-19(23(18)29)24(30)27-9-7-26(8-10-27)20-5-3-4-6-21(20)31-2/h3-6,12-15H,7-11H2,1-2H3. The molecule has 1 atom stereocenters. The summed E-state index contributed by atoms with van der Waals surface area (Å²) in [6.45, 7) is 4.64. The second kappa shape index (κ2) is 7.71. The number of hydrogen-bond acceptors (Lipinski definition) is 4. The number of para-hydroxylation sites is 2. The summed E-state index contributed by atoms with van der Waals surface area (Å²) in [6, 6.07) is 12.0. The van der Waals surface area contributed by atoms with Crippen LogP contribution in [-0.4, -0.2) is 48.7 Å². The molecule has 1 amide bonds. The van der Waals surface area contributed by atoms with Crippen LogP contribution in [-0.2, 0) is 6.42 Å². The third kappa shape index (κ3) is 3.31. The number of amides is 1. The van der Waals surface area contributed by atoms with Gasteiger partial charge in [-0.25, -0.2) is 0 Å². The Morgan fingerprint density at radius 3 is 2.61 bits per heavy atom. The van der Waals surface area contributed by atoms with Crippen molar-refractivity contribution in [3.8, 4) is 5.75 Å². The van der Waals surface area contributed by atoms with Gasteiger partial charge in [0, 0.05) is 48.3 Å². The van der Waals surface area contributed by atoms with Crippen molar-refractivity contribution >= 4 is 38.4 Å². The summed E-state index contributed by atoms with van der Waals surface area (Å²) in [4.78, 5) is 30.6. The van der Waals surface area contributed by atoms with E-state index in [9.17, 15) is 9.59 Å². The number of carbonyl (C=O) groups is 1. The third-order valence-corrected chi connectivity index (χ3v) is 6.84. The first kappa shape index (κ1) is 20.1. The largest absolute Gasteiger partial charge is 0.495 e. The van der Waals surface area contributed by atoms with Gasteiger partial charge in [-0.15, -0.1) is 0 Å². The minimum Gasteiger partial charge on any atom is -0.495 e. The van der Waals surface area contributed by atoms with Crippen LogP contribution in [0.3, 0.4) is 0 Å². The molecule has 2 aromatic carbocycles. The van der Waals surface area contributed by atoms with Crippen LogP contribution < -0.4 is 15.1 Å². The fourth-order valence-corrected chi connectivity index (χ4v) is 5.33. The molecule has 1 fully saturated rings. The smallest absolute Gasteiger partial charge is 0.259 e. The van der Waals surface area contributed by atoms with E-state index in [1.165, 1.54) is 0 Å². The van der Waals surface area contributed by atoms with Gasteiger partial charge in [0.2, 0.25) is 5.43 Å². The first-order valence-corrected chi connectivity index (χ1v) is 11.3. The maximum atomic E-state index is 13.4. The quantitative estimate of drug-likeness (QED) is 0.569. The number of nitrogens with zero attached hydrogens (tertiary/aromatic N) is 3. The molecule has 3 heterocycles. The highest BCUT2D eigenvalue weighted by atomic mass is 79.9. The van der Waals surface area contributed by atoms with Gasteiger partial charge >= 0.3 is 0 Å². The molecule has 2 aliphatic heterocycles. The number of carbonyl (C=O) groups excluding carboxylic acids is 1.